The lowest BCUT2D eigenvalue weighted by atomic mass is 10.1. The molecule has 9 heteroatoms. The topological polar surface area (TPSA) is 48.0 Å². The Morgan fingerprint density at radius 3 is 2.17 bits per heavy atom. The van der Waals surface area contributed by atoms with Gasteiger partial charge in [-0.1, -0.05) is 6.07 Å². The summed E-state index contributed by atoms with van der Waals surface area (Å²) >= 11 is 0. The first kappa shape index (κ1) is 18.9. The molecule has 2 N–H and O–H groups in total. The number of halogens is 6. The monoisotopic (exact) mass is 407 g/mol. The molecule has 4 rings (SSSR count). The lowest BCUT2D eigenvalue weighted by Crippen LogP contribution is -2.12. The molecule has 0 bridgehead atoms. The van der Waals surface area contributed by atoms with Crippen LogP contribution in [0.1, 0.15) is 15.9 Å². The van der Waals surface area contributed by atoms with Crippen molar-refractivity contribution in [3.05, 3.63) is 82.4 Å². The predicted molar refractivity (Wildman–Crippen MR) is 92.1 cm³/mol. The molecule has 0 unspecified atom stereocenters. The largest absolute Gasteiger partial charge is 0.366 e. The average molecular weight is 407 g/mol. The van der Waals surface area contributed by atoms with Crippen LogP contribution in [-0.2, 0) is 6.54 Å². The van der Waals surface area contributed by atoms with Gasteiger partial charge >= 0.3 is 0 Å². The number of carbonyl (C=O) groups is 1. The number of hydrogen-bond acceptors (Lipinski definition) is 1. The summed E-state index contributed by atoms with van der Waals surface area (Å²) in [7, 11) is 0. The van der Waals surface area contributed by atoms with Crippen LogP contribution in [0.5, 0.6) is 0 Å². The molecule has 0 aliphatic heterocycles. The molecule has 0 fully saturated rings. The van der Waals surface area contributed by atoms with Crippen molar-refractivity contribution in [2.75, 3.05) is 0 Å². The van der Waals surface area contributed by atoms with E-state index in [0.29, 0.717) is 0 Å². The summed E-state index contributed by atoms with van der Waals surface area (Å²) in [5.41, 5.74) is 4.52. The standard InChI is InChI=1S/C20H9F6N2O/c21-8-4-5-9-13(6-8)28(12-3-1-2-10(14(9)12)20(27)29)7-11-15(22)17(24)19(26)18(25)16(11)23/h1-4,6H,7H2,(H2,27,29). The first-order chi connectivity index (χ1) is 13.7. The summed E-state index contributed by atoms with van der Waals surface area (Å²) in [5, 5.41) is 0.429. The summed E-state index contributed by atoms with van der Waals surface area (Å²) in [6.07, 6.45) is 0. The molecule has 1 heterocycles. The van der Waals surface area contributed by atoms with Crippen molar-refractivity contribution in [3.8, 4) is 0 Å². The fourth-order valence-corrected chi connectivity index (χ4v) is 3.35. The van der Waals surface area contributed by atoms with Gasteiger partial charge in [-0.3, -0.25) is 4.79 Å². The number of rotatable bonds is 3. The molecule has 0 saturated carbocycles. The number of nitrogens with zero attached hydrogens (tertiary/aromatic N) is 1. The van der Waals surface area contributed by atoms with Gasteiger partial charge in [0.1, 0.15) is 5.82 Å². The summed E-state index contributed by atoms with van der Waals surface area (Å²) < 4.78 is 83.9. The van der Waals surface area contributed by atoms with Crippen molar-refractivity contribution in [2.45, 2.75) is 6.54 Å². The van der Waals surface area contributed by atoms with E-state index in [1.807, 2.05) is 0 Å². The number of aromatic nitrogens is 1. The zero-order chi connectivity index (χ0) is 21.0. The van der Waals surface area contributed by atoms with Crippen molar-refractivity contribution in [3.63, 3.8) is 0 Å². The third kappa shape index (κ3) is 2.72. The molecule has 0 aliphatic carbocycles. The minimum absolute atomic E-state index is 0.0338. The summed E-state index contributed by atoms with van der Waals surface area (Å²) in [5.74, 6) is -12.0. The van der Waals surface area contributed by atoms with Crippen LogP contribution in [0.2, 0.25) is 0 Å². The smallest absolute Gasteiger partial charge is 0.249 e. The van der Waals surface area contributed by atoms with Gasteiger partial charge in [0.2, 0.25) is 11.7 Å². The molecule has 0 atom stereocenters. The van der Waals surface area contributed by atoms with Crippen LogP contribution in [0, 0.1) is 41.0 Å². The van der Waals surface area contributed by atoms with E-state index in [1.54, 1.807) is 0 Å². The predicted octanol–water partition coefficient (Wildman–Crippen LogP) is 4.58. The van der Waals surface area contributed by atoms with Crippen LogP contribution >= 0.6 is 0 Å². The fourth-order valence-electron chi connectivity index (χ4n) is 3.35. The van der Waals surface area contributed by atoms with Gasteiger partial charge in [0.15, 0.2) is 23.3 Å². The Balaban J connectivity index is 2.09. The first-order valence-corrected chi connectivity index (χ1v) is 8.14. The maximum atomic E-state index is 14.2. The van der Waals surface area contributed by atoms with Crippen LogP contribution < -0.4 is 5.73 Å². The number of amides is 1. The summed E-state index contributed by atoms with van der Waals surface area (Å²) in [6.45, 7) is -0.814. The Morgan fingerprint density at radius 1 is 0.931 bits per heavy atom. The molecular formula is C20H9F6N2O. The molecule has 3 aromatic carbocycles. The highest BCUT2D eigenvalue weighted by Crippen LogP contribution is 2.34. The highest BCUT2D eigenvalue weighted by atomic mass is 19.2. The lowest BCUT2D eigenvalue weighted by Gasteiger charge is -2.12. The Bertz CT molecular complexity index is 1300. The maximum Gasteiger partial charge on any atom is 0.249 e. The average Bonchev–Trinajstić information content (AvgIpc) is 3.00. The van der Waals surface area contributed by atoms with E-state index in [0.717, 1.165) is 16.7 Å². The normalized spacial score (nSPS) is 11.5. The van der Waals surface area contributed by atoms with E-state index in [-0.39, 0.29) is 27.4 Å². The molecule has 1 radical (unpaired) electrons. The highest BCUT2D eigenvalue weighted by molar-refractivity contribution is 6.17. The number of nitrogens with two attached hydrogens (primary N) is 1. The quantitative estimate of drug-likeness (QED) is 0.302. The van der Waals surface area contributed by atoms with E-state index < -0.39 is 52.9 Å². The van der Waals surface area contributed by atoms with Gasteiger partial charge in [-0.2, -0.15) is 0 Å². The molecule has 1 aromatic heterocycles. The Labute approximate surface area is 158 Å². The minimum atomic E-state index is -2.28. The number of benzene rings is 3. The lowest BCUT2D eigenvalue weighted by molar-refractivity contribution is 0.100. The maximum absolute atomic E-state index is 14.2. The van der Waals surface area contributed by atoms with Crippen molar-refractivity contribution >= 4 is 27.7 Å². The third-order valence-corrected chi connectivity index (χ3v) is 4.64. The van der Waals surface area contributed by atoms with Crippen LogP contribution in [0.25, 0.3) is 21.8 Å². The zero-order valence-electron chi connectivity index (χ0n) is 14.3. The number of primary amides is 1. The first-order valence-electron chi connectivity index (χ1n) is 8.14. The van der Waals surface area contributed by atoms with Gasteiger partial charge in [-0.05, 0) is 30.3 Å². The van der Waals surface area contributed by atoms with Gasteiger partial charge < -0.3 is 10.3 Å². The van der Waals surface area contributed by atoms with E-state index in [4.69, 9.17) is 5.73 Å². The number of hydrogen-bond donors (Lipinski definition) is 1. The molecule has 147 valence electrons. The second-order valence-corrected chi connectivity index (χ2v) is 6.28. The minimum Gasteiger partial charge on any atom is -0.366 e. The molecule has 29 heavy (non-hydrogen) atoms. The van der Waals surface area contributed by atoms with Crippen LogP contribution in [0.4, 0.5) is 26.3 Å². The second-order valence-electron chi connectivity index (χ2n) is 6.28. The van der Waals surface area contributed by atoms with Crippen molar-refractivity contribution in [1.29, 1.82) is 0 Å². The molecule has 1 amide bonds. The molecule has 0 spiro atoms. The molecule has 0 saturated heterocycles. The number of carbonyl (C=O) groups excluding carboxylic acids is 1. The van der Waals surface area contributed by atoms with Gasteiger partial charge in [0.05, 0.1) is 17.6 Å². The molecule has 0 aliphatic rings. The van der Waals surface area contributed by atoms with Crippen molar-refractivity contribution in [1.82, 2.24) is 4.57 Å². The Hall–Kier alpha value is -3.49. The highest BCUT2D eigenvalue weighted by Gasteiger charge is 2.27. The second kappa shape index (κ2) is 6.54. The summed E-state index contributed by atoms with van der Waals surface area (Å²) in [6, 6.07) is 8.88. The van der Waals surface area contributed by atoms with Gasteiger partial charge in [-0.15, -0.1) is 0 Å². The van der Waals surface area contributed by atoms with Crippen LogP contribution in [0.3, 0.4) is 0 Å². The van der Waals surface area contributed by atoms with Crippen LogP contribution in [0.15, 0.2) is 30.3 Å². The van der Waals surface area contributed by atoms with Gasteiger partial charge in [0.25, 0.3) is 0 Å². The van der Waals surface area contributed by atoms with Crippen molar-refractivity contribution < 1.29 is 31.1 Å². The zero-order valence-corrected chi connectivity index (χ0v) is 14.3. The van der Waals surface area contributed by atoms with Crippen LogP contribution in [-0.4, -0.2) is 10.5 Å². The van der Waals surface area contributed by atoms with E-state index in [1.165, 1.54) is 18.2 Å². The van der Waals surface area contributed by atoms with Gasteiger partial charge in [-0.25, -0.2) is 26.3 Å². The van der Waals surface area contributed by atoms with E-state index >= 15 is 0 Å². The fraction of sp³-hybridized carbons (Fsp3) is 0.0500. The number of fused-ring (bicyclic) bond motifs is 3. The van der Waals surface area contributed by atoms with E-state index in [2.05, 4.69) is 6.07 Å². The molecule has 3 nitrogen and oxygen atoms in total. The molecular weight excluding hydrogens is 398 g/mol. The Kier molecular flexibility index (Phi) is 4.25. The third-order valence-electron chi connectivity index (χ3n) is 4.64. The Morgan fingerprint density at radius 2 is 1.55 bits per heavy atom. The SMILES string of the molecule is NC(=O)c1cccc2c1c1[c]cc(F)cc1n2Cc1c(F)c(F)c(F)c(F)c1F. The van der Waals surface area contributed by atoms with E-state index in [9.17, 15) is 31.1 Å². The van der Waals surface area contributed by atoms with Gasteiger partial charge in [0, 0.05) is 21.9 Å². The van der Waals surface area contributed by atoms with Crippen molar-refractivity contribution in [2.24, 2.45) is 5.73 Å². The summed E-state index contributed by atoms with van der Waals surface area (Å²) in [4.78, 5) is 11.8. The molecule has 4 aromatic rings.